The third-order valence-corrected chi connectivity index (χ3v) is 8.03. The second kappa shape index (κ2) is 13.0. The minimum absolute atomic E-state index is 0.114. The Morgan fingerprint density at radius 1 is 1.20 bits per heavy atom. The van der Waals surface area contributed by atoms with E-state index in [0.717, 1.165) is 45.0 Å². The van der Waals surface area contributed by atoms with E-state index in [-0.39, 0.29) is 30.2 Å². The molecular weight excluding hydrogens is 559 g/mol. The molecule has 3 N–H and O–H groups in total. The number of alkyl halides is 3. The van der Waals surface area contributed by atoms with E-state index < -0.39 is 6.36 Å². The van der Waals surface area contributed by atoms with Crippen molar-refractivity contribution in [2.75, 3.05) is 56.4 Å². The summed E-state index contributed by atoms with van der Waals surface area (Å²) in [5.41, 5.74) is 3.68. The molecule has 3 aliphatic rings. The van der Waals surface area contributed by atoms with Crippen LogP contribution in [-0.2, 0) is 11.3 Å². The average Bonchev–Trinajstić information content (AvgIpc) is 3.59. The first-order valence-electron chi connectivity index (χ1n) is 13.7. The van der Waals surface area contributed by atoms with Crippen LogP contribution >= 0.6 is 11.3 Å². The fourth-order valence-corrected chi connectivity index (χ4v) is 5.99. The summed E-state index contributed by atoms with van der Waals surface area (Å²) in [6, 6.07) is 6.07. The van der Waals surface area contributed by atoms with Gasteiger partial charge in [0.15, 0.2) is 0 Å². The molecule has 1 aromatic carbocycles. The second-order valence-corrected chi connectivity index (χ2v) is 11.2. The highest BCUT2D eigenvalue weighted by Gasteiger charge is 2.32. The molecule has 41 heavy (non-hydrogen) atoms. The number of carbonyl (C=O) groups excluding carboxylic acids is 1. The maximum Gasteiger partial charge on any atom is 0.573 e. The van der Waals surface area contributed by atoms with Crippen molar-refractivity contribution in [3.05, 3.63) is 42.0 Å². The standard InChI is InChI=1S/C26H34F3N9O2S/c1-2-36-11-12-37(15-18-5-3-6-21(13-18)40-26(27,28)29)20(17-36)14-23(39)32-25-35-34-24(41-25)31-19-8-10-38(16-19)22-7-4-9-30-33-22/h3-7,13,19-20,30H,2,8-12,14-17H2,1H3,(H,31,34)(H,32,35,39). The van der Waals surface area contributed by atoms with Crippen LogP contribution in [0.1, 0.15) is 25.3 Å². The van der Waals surface area contributed by atoms with Crippen molar-refractivity contribution < 1.29 is 22.7 Å². The molecule has 2 aromatic rings. The van der Waals surface area contributed by atoms with E-state index in [2.05, 4.69) is 57.7 Å². The predicted octanol–water partition coefficient (Wildman–Crippen LogP) is 2.93. The number of likely N-dealkylation sites (N-methyl/N-ethyl adjacent to an activating group) is 1. The second-order valence-electron chi connectivity index (χ2n) is 10.2. The number of hydrazone groups is 1. The van der Waals surface area contributed by atoms with Crippen LogP contribution in [0.3, 0.4) is 0 Å². The Labute approximate surface area is 240 Å². The van der Waals surface area contributed by atoms with Gasteiger partial charge in [0, 0.05) is 57.8 Å². The smallest absolute Gasteiger partial charge is 0.406 e. The molecule has 0 saturated carbocycles. The van der Waals surface area contributed by atoms with E-state index in [1.165, 1.54) is 23.5 Å². The topological polar surface area (TPSA) is 110 Å². The number of aromatic nitrogens is 2. The molecule has 3 aliphatic heterocycles. The molecular formula is C26H34F3N9O2S. The van der Waals surface area contributed by atoms with Gasteiger partial charge in [-0.3, -0.25) is 9.69 Å². The molecule has 0 radical (unpaired) electrons. The highest BCUT2D eigenvalue weighted by atomic mass is 32.1. The average molecular weight is 594 g/mol. The van der Waals surface area contributed by atoms with Gasteiger partial charge >= 0.3 is 6.36 Å². The molecule has 5 rings (SSSR count). The van der Waals surface area contributed by atoms with E-state index >= 15 is 0 Å². The number of hydrogen-bond donors (Lipinski definition) is 3. The summed E-state index contributed by atoms with van der Waals surface area (Å²) in [4.78, 5) is 19.7. The Hall–Kier alpha value is -3.43. The van der Waals surface area contributed by atoms with E-state index in [1.807, 2.05) is 12.2 Å². The third-order valence-electron chi connectivity index (χ3n) is 7.26. The first-order chi connectivity index (χ1) is 19.7. The number of hydrogen-bond acceptors (Lipinski definition) is 11. The number of piperazine rings is 1. The maximum atomic E-state index is 13.0. The Kier molecular flexibility index (Phi) is 9.25. The number of nitrogens with zero attached hydrogens (tertiary/aromatic N) is 6. The van der Waals surface area contributed by atoms with Gasteiger partial charge in [0.1, 0.15) is 11.6 Å². The Morgan fingerprint density at radius 3 is 2.83 bits per heavy atom. The van der Waals surface area contributed by atoms with Gasteiger partial charge in [0.05, 0.1) is 6.54 Å². The number of halogens is 3. The van der Waals surface area contributed by atoms with Crippen LogP contribution in [0, 0.1) is 0 Å². The summed E-state index contributed by atoms with van der Waals surface area (Å²) in [7, 11) is 0. The molecule has 4 heterocycles. The third kappa shape index (κ3) is 8.30. The molecule has 2 saturated heterocycles. The van der Waals surface area contributed by atoms with Crippen molar-refractivity contribution >= 4 is 33.3 Å². The summed E-state index contributed by atoms with van der Waals surface area (Å²) < 4.78 is 42.1. The minimum Gasteiger partial charge on any atom is -0.406 e. The molecule has 2 unspecified atom stereocenters. The summed E-state index contributed by atoms with van der Waals surface area (Å²) in [5, 5.41) is 20.0. The van der Waals surface area contributed by atoms with Gasteiger partial charge in [-0.1, -0.05) is 36.5 Å². The zero-order valence-corrected chi connectivity index (χ0v) is 23.5. The van der Waals surface area contributed by atoms with Crippen LogP contribution in [-0.4, -0.2) is 101 Å². The summed E-state index contributed by atoms with van der Waals surface area (Å²) in [5.74, 6) is 0.488. The molecule has 2 fully saturated rings. The highest BCUT2D eigenvalue weighted by molar-refractivity contribution is 7.19. The number of likely N-dealkylation sites (tertiary alicyclic amines) is 1. The fourth-order valence-electron chi connectivity index (χ4n) is 5.26. The summed E-state index contributed by atoms with van der Waals surface area (Å²) >= 11 is 1.29. The van der Waals surface area contributed by atoms with Crippen LogP contribution in [0.4, 0.5) is 23.4 Å². The Morgan fingerprint density at radius 2 is 2.05 bits per heavy atom. The first-order valence-corrected chi connectivity index (χ1v) is 14.5. The molecule has 222 valence electrons. The van der Waals surface area contributed by atoms with E-state index in [0.29, 0.717) is 35.5 Å². The van der Waals surface area contributed by atoms with Crippen molar-refractivity contribution in [2.45, 2.75) is 44.8 Å². The fraction of sp³-hybridized carbons (Fsp3) is 0.538. The number of ether oxygens (including phenoxy) is 1. The number of carbonyl (C=O) groups is 1. The van der Waals surface area contributed by atoms with Crippen LogP contribution < -0.4 is 20.8 Å². The van der Waals surface area contributed by atoms with Crippen molar-refractivity contribution in [1.82, 2.24) is 30.3 Å². The minimum atomic E-state index is -4.75. The maximum absolute atomic E-state index is 13.0. The molecule has 2 atom stereocenters. The summed E-state index contributed by atoms with van der Waals surface area (Å²) in [6.45, 7) is 7.94. The quantitative estimate of drug-likeness (QED) is 0.404. The van der Waals surface area contributed by atoms with Crippen LogP contribution in [0.25, 0.3) is 0 Å². The SMILES string of the molecule is CCN1CCN(Cc2cccc(OC(F)(F)F)c2)C(CC(=O)Nc2nnc(NC3CCN(C4=NNCC=C4)C3)s2)C1. The van der Waals surface area contributed by atoms with Crippen molar-refractivity contribution in [2.24, 2.45) is 5.10 Å². The number of benzene rings is 1. The van der Waals surface area contributed by atoms with E-state index in [9.17, 15) is 18.0 Å². The molecule has 1 aromatic heterocycles. The van der Waals surface area contributed by atoms with Crippen LogP contribution in [0.15, 0.2) is 41.5 Å². The van der Waals surface area contributed by atoms with Gasteiger partial charge in [-0.05, 0) is 36.7 Å². The van der Waals surface area contributed by atoms with Gasteiger partial charge in [-0.15, -0.1) is 23.4 Å². The lowest BCUT2D eigenvalue weighted by Gasteiger charge is -2.41. The van der Waals surface area contributed by atoms with E-state index in [4.69, 9.17) is 0 Å². The van der Waals surface area contributed by atoms with Crippen molar-refractivity contribution in [3.8, 4) is 5.75 Å². The van der Waals surface area contributed by atoms with Crippen molar-refractivity contribution in [1.29, 1.82) is 0 Å². The van der Waals surface area contributed by atoms with Crippen LogP contribution in [0.2, 0.25) is 0 Å². The molecule has 15 heteroatoms. The number of amidine groups is 1. The first kappa shape index (κ1) is 29.1. The molecule has 0 spiro atoms. The van der Waals surface area contributed by atoms with Gasteiger partial charge in [-0.25, -0.2) is 0 Å². The lowest BCUT2D eigenvalue weighted by atomic mass is 10.1. The normalized spacial score (nSPS) is 21.9. The lowest BCUT2D eigenvalue weighted by molar-refractivity contribution is -0.274. The predicted molar refractivity (Wildman–Crippen MR) is 151 cm³/mol. The number of anilines is 2. The molecule has 0 bridgehead atoms. The van der Waals surface area contributed by atoms with Crippen molar-refractivity contribution in [3.63, 3.8) is 0 Å². The monoisotopic (exact) mass is 593 g/mol. The lowest BCUT2D eigenvalue weighted by Crippen LogP contribution is -2.53. The van der Waals surface area contributed by atoms with Crippen LogP contribution in [0.5, 0.6) is 5.75 Å². The molecule has 11 nitrogen and oxygen atoms in total. The summed E-state index contributed by atoms with van der Waals surface area (Å²) in [6.07, 6.45) is 0.469. The Balaban J connectivity index is 1.15. The highest BCUT2D eigenvalue weighted by Crippen LogP contribution is 2.26. The van der Waals surface area contributed by atoms with Gasteiger partial charge in [-0.2, -0.15) is 5.10 Å². The van der Waals surface area contributed by atoms with E-state index in [1.54, 1.807) is 12.1 Å². The number of amides is 1. The van der Waals surface area contributed by atoms with Gasteiger partial charge in [0.25, 0.3) is 0 Å². The Bertz CT molecular complexity index is 1250. The zero-order valence-electron chi connectivity index (χ0n) is 22.7. The van der Waals surface area contributed by atoms with Gasteiger partial charge < -0.3 is 30.6 Å². The largest absolute Gasteiger partial charge is 0.573 e. The number of nitrogens with one attached hydrogen (secondary N) is 3. The van der Waals surface area contributed by atoms with Gasteiger partial charge in [0.2, 0.25) is 16.2 Å². The molecule has 0 aliphatic carbocycles. The number of rotatable bonds is 9. The molecule has 1 amide bonds. The zero-order chi connectivity index (χ0) is 28.8.